The van der Waals surface area contributed by atoms with Gasteiger partial charge in [0.15, 0.2) is 0 Å². The van der Waals surface area contributed by atoms with Gasteiger partial charge in [0.25, 0.3) is 0 Å². The number of hydrogen-bond donors (Lipinski definition) is 2. The van der Waals surface area contributed by atoms with Crippen molar-refractivity contribution in [2.45, 2.75) is 31.2 Å². The Hall–Kier alpha value is -1.13. The van der Waals surface area contributed by atoms with Crippen LogP contribution in [0.15, 0.2) is 12.3 Å². The molecule has 16 heavy (non-hydrogen) atoms. The number of aromatic nitrogens is 1. The fourth-order valence-corrected chi connectivity index (χ4v) is 2.29. The van der Waals surface area contributed by atoms with Crippen LogP contribution in [0.1, 0.15) is 24.0 Å². The Labute approximate surface area is 98.4 Å². The minimum atomic E-state index is -0.859. The van der Waals surface area contributed by atoms with Gasteiger partial charge < -0.3 is 10.8 Å². The number of aryl methyl sites for hydroxylation is 1. The molecule has 86 valence electrons. The summed E-state index contributed by atoms with van der Waals surface area (Å²) in [4.78, 5) is 15.3. The molecule has 0 unspecified atom stereocenters. The first-order chi connectivity index (χ1) is 7.45. The SMILES string of the molecule is Cc1cc(C2(C(=O)O)CC(N)C2)cnc1Cl. The number of carboxylic acids is 1. The number of pyridine rings is 1. The Balaban J connectivity index is 2.41. The number of rotatable bonds is 2. The highest BCUT2D eigenvalue weighted by atomic mass is 35.5. The Kier molecular flexibility index (Phi) is 2.64. The lowest BCUT2D eigenvalue weighted by atomic mass is 9.62. The molecule has 0 aromatic carbocycles. The van der Waals surface area contributed by atoms with E-state index in [4.69, 9.17) is 17.3 Å². The molecular weight excluding hydrogens is 228 g/mol. The summed E-state index contributed by atoms with van der Waals surface area (Å²) >= 11 is 5.82. The minimum Gasteiger partial charge on any atom is -0.481 e. The normalized spacial score (nSPS) is 28.6. The third-order valence-corrected chi connectivity index (χ3v) is 3.59. The summed E-state index contributed by atoms with van der Waals surface area (Å²) in [6, 6.07) is 1.75. The van der Waals surface area contributed by atoms with Crippen molar-refractivity contribution in [3.8, 4) is 0 Å². The maximum absolute atomic E-state index is 11.3. The van der Waals surface area contributed by atoms with Gasteiger partial charge in [-0.2, -0.15) is 0 Å². The van der Waals surface area contributed by atoms with Crippen molar-refractivity contribution in [2.24, 2.45) is 5.73 Å². The molecule has 3 N–H and O–H groups in total. The molecule has 0 amide bonds. The zero-order chi connectivity index (χ0) is 11.9. The summed E-state index contributed by atoms with van der Waals surface area (Å²) in [5.74, 6) is -0.835. The Morgan fingerprint density at radius 2 is 2.31 bits per heavy atom. The lowest BCUT2D eigenvalue weighted by molar-refractivity contribution is -0.148. The van der Waals surface area contributed by atoms with Gasteiger partial charge in [-0.3, -0.25) is 4.79 Å². The first kappa shape index (κ1) is 11.4. The van der Waals surface area contributed by atoms with Gasteiger partial charge in [-0.1, -0.05) is 17.7 Å². The standard InChI is InChI=1S/C11H13ClN2O2/c1-6-2-7(5-14-9(6)12)11(10(15)16)3-8(13)4-11/h2,5,8H,3-4,13H2,1H3,(H,15,16). The summed E-state index contributed by atoms with van der Waals surface area (Å²) in [6.45, 7) is 1.81. The van der Waals surface area contributed by atoms with E-state index in [2.05, 4.69) is 4.98 Å². The Morgan fingerprint density at radius 3 is 2.75 bits per heavy atom. The zero-order valence-electron chi connectivity index (χ0n) is 8.90. The highest BCUT2D eigenvalue weighted by molar-refractivity contribution is 6.30. The average Bonchev–Trinajstić information content (AvgIpc) is 2.17. The van der Waals surface area contributed by atoms with E-state index in [1.54, 1.807) is 6.07 Å². The van der Waals surface area contributed by atoms with Gasteiger partial charge in [-0.05, 0) is 30.9 Å². The monoisotopic (exact) mass is 240 g/mol. The van der Waals surface area contributed by atoms with Crippen LogP contribution in [0.3, 0.4) is 0 Å². The van der Waals surface area contributed by atoms with Gasteiger partial charge >= 0.3 is 5.97 Å². The predicted molar refractivity (Wildman–Crippen MR) is 60.5 cm³/mol. The summed E-state index contributed by atoms with van der Waals surface area (Å²) in [5.41, 5.74) is 6.32. The highest BCUT2D eigenvalue weighted by Crippen LogP contribution is 2.43. The van der Waals surface area contributed by atoms with Crippen molar-refractivity contribution in [3.63, 3.8) is 0 Å². The second-order valence-electron chi connectivity index (χ2n) is 4.39. The lowest BCUT2D eigenvalue weighted by Gasteiger charge is -2.42. The molecule has 4 nitrogen and oxygen atoms in total. The van der Waals surface area contributed by atoms with E-state index in [-0.39, 0.29) is 6.04 Å². The molecule has 1 fully saturated rings. The number of halogens is 1. The number of aliphatic carboxylic acids is 1. The summed E-state index contributed by atoms with van der Waals surface area (Å²) in [7, 11) is 0. The maximum atomic E-state index is 11.3. The van der Waals surface area contributed by atoms with Gasteiger partial charge in [0.1, 0.15) is 5.15 Å². The molecule has 0 aliphatic heterocycles. The molecule has 0 atom stereocenters. The van der Waals surface area contributed by atoms with Crippen LogP contribution >= 0.6 is 11.6 Å². The van der Waals surface area contributed by atoms with E-state index >= 15 is 0 Å². The van der Waals surface area contributed by atoms with Crippen LogP contribution in [0.25, 0.3) is 0 Å². The molecule has 5 heteroatoms. The molecule has 0 radical (unpaired) electrons. The molecule has 2 rings (SSSR count). The van der Waals surface area contributed by atoms with Gasteiger partial charge in [0, 0.05) is 12.2 Å². The molecule has 0 spiro atoms. The number of nitrogens with two attached hydrogens (primary N) is 1. The largest absolute Gasteiger partial charge is 0.481 e. The average molecular weight is 241 g/mol. The van der Waals surface area contributed by atoms with E-state index in [1.807, 2.05) is 6.92 Å². The third kappa shape index (κ3) is 1.58. The molecule has 1 saturated carbocycles. The Morgan fingerprint density at radius 1 is 1.69 bits per heavy atom. The van der Waals surface area contributed by atoms with Crippen LogP contribution in [0.4, 0.5) is 0 Å². The number of carboxylic acid groups (broad SMARTS) is 1. The maximum Gasteiger partial charge on any atom is 0.314 e. The molecule has 1 aliphatic rings. The molecule has 1 aliphatic carbocycles. The van der Waals surface area contributed by atoms with Crippen LogP contribution < -0.4 is 5.73 Å². The van der Waals surface area contributed by atoms with Crippen molar-refractivity contribution in [2.75, 3.05) is 0 Å². The first-order valence-electron chi connectivity index (χ1n) is 5.07. The molecule has 1 heterocycles. The fourth-order valence-electron chi connectivity index (χ4n) is 2.19. The lowest BCUT2D eigenvalue weighted by Crippen LogP contribution is -2.54. The molecular formula is C11H13ClN2O2. The van der Waals surface area contributed by atoms with Gasteiger partial charge in [0.05, 0.1) is 5.41 Å². The molecule has 1 aromatic heterocycles. The van der Waals surface area contributed by atoms with Crippen LogP contribution in [-0.4, -0.2) is 22.1 Å². The summed E-state index contributed by atoms with van der Waals surface area (Å²) < 4.78 is 0. The van der Waals surface area contributed by atoms with Gasteiger partial charge in [-0.25, -0.2) is 4.98 Å². The van der Waals surface area contributed by atoms with Crippen LogP contribution in [0.5, 0.6) is 0 Å². The number of hydrogen-bond acceptors (Lipinski definition) is 3. The van der Waals surface area contributed by atoms with E-state index < -0.39 is 11.4 Å². The van der Waals surface area contributed by atoms with Crippen molar-refractivity contribution >= 4 is 17.6 Å². The number of nitrogens with zero attached hydrogens (tertiary/aromatic N) is 1. The third-order valence-electron chi connectivity index (χ3n) is 3.20. The highest BCUT2D eigenvalue weighted by Gasteiger charge is 2.50. The van der Waals surface area contributed by atoms with E-state index in [0.717, 1.165) is 5.56 Å². The van der Waals surface area contributed by atoms with Crippen LogP contribution in [0, 0.1) is 6.92 Å². The molecule has 1 aromatic rings. The van der Waals surface area contributed by atoms with E-state index in [1.165, 1.54) is 6.20 Å². The Bertz CT molecular complexity index is 442. The van der Waals surface area contributed by atoms with Gasteiger partial charge in [0.2, 0.25) is 0 Å². The molecule has 0 bridgehead atoms. The van der Waals surface area contributed by atoms with Gasteiger partial charge in [-0.15, -0.1) is 0 Å². The fraction of sp³-hybridized carbons (Fsp3) is 0.455. The number of carbonyl (C=O) groups is 1. The predicted octanol–water partition coefficient (Wildman–Crippen LogP) is 1.49. The minimum absolute atomic E-state index is 0.0351. The zero-order valence-corrected chi connectivity index (χ0v) is 9.66. The van der Waals surface area contributed by atoms with Crippen molar-refractivity contribution in [3.05, 3.63) is 28.5 Å². The smallest absolute Gasteiger partial charge is 0.314 e. The second-order valence-corrected chi connectivity index (χ2v) is 4.75. The van der Waals surface area contributed by atoms with Crippen LogP contribution in [-0.2, 0) is 10.2 Å². The topological polar surface area (TPSA) is 76.2 Å². The van der Waals surface area contributed by atoms with Crippen molar-refractivity contribution in [1.29, 1.82) is 0 Å². The van der Waals surface area contributed by atoms with Crippen molar-refractivity contribution in [1.82, 2.24) is 4.98 Å². The quantitative estimate of drug-likeness (QED) is 0.768. The van der Waals surface area contributed by atoms with E-state index in [0.29, 0.717) is 23.6 Å². The summed E-state index contributed by atoms with van der Waals surface area (Å²) in [5, 5.41) is 9.71. The van der Waals surface area contributed by atoms with Crippen molar-refractivity contribution < 1.29 is 9.90 Å². The second kappa shape index (κ2) is 3.71. The first-order valence-corrected chi connectivity index (χ1v) is 5.45. The van der Waals surface area contributed by atoms with Crippen LogP contribution in [0.2, 0.25) is 5.15 Å². The molecule has 0 saturated heterocycles. The van der Waals surface area contributed by atoms with E-state index in [9.17, 15) is 9.90 Å². The summed E-state index contributed by atoms with van der Waals surface area (Å²) in [6.07, 6.45) is 2.46.